The van der Waals surface area contributed by atoms with Crippen LogP contribution < -0.4 is 9.47 Å². The molecule has 0 spiro atoms. The Kier molecular flexibility index (Phi) is 5.19. The van der Waals surface area contributed by atoms with Crippen molar-refractivity contribution in [3.63, 3.8) is 0 Å². The summed E-state index contributed by atoms with van der Waals surface area (Å²) in [4.78, 5) is 26.1. The Morgan fingerprint density at radius 3 is 2.35 bits per heavy atom. The number of rotatable bonds is 6. The van der Waals surface area contributed by atoms with E-state index in [9.17, 15) is 9.59 Å². The molecule has 34 heavy (non-hydrogen) atoms. The van der Waals surface area contributed by atoms with Crippen molar-refractivity contribution in [2.24, 2.45) is 40.6 Å². The lowest BCUT2D eigenvalue weighted by atomic mass is 9.63. The lowest BCUT2D eigenvalue weighted by molar-refractivity contribution is -0.140. The fraction of sp³-hybridized carbons (Fsp3) is 0.346. The van der Waals surface area contributed by atoms with Crippen LogP contribution in [0.4, 0.5) is 0 Å². The first-order chi connectivity index (χ1) is 16.5. The van der Waals surface area contributed by atoms with Gasteiger partial charge in [-0.2, -0.15) is 10.1 Å². The maximum Gasteiger partial charge on any atom is 0.254 e. The highest BCUT2D eigenvalue weighted by Crippen LogP contribution is 2.65. The molecule has 8 heteroatoms. The van der Waals surface area contributed by atoms with Gasteiger partial charge in [-0.3, -0.25) is 9.59 Å². The summed E-state index contributed by atoms with van der Waals surface area (Å²) >= 11 is 12.2. The number of halogens is 2. The Hall–Kier alpha value is -2.83. The fourth-order valence-corrected chi connectivity index (χ4v) is 6.32. The lowest BCUT2D eigenvalue weighted by Crippen LogP contribution is -2.40. The smallest absolute Gasteiger partial charge is 0.254 e. The van der Waals surface area contributed by atoms with E-state index in [1.54, 1.807) is 37.4 Å². The summed E-state index contributed by atoms with van der Waals surface area (Å²) in [5, 5.41) is 6.45. The number of allylic oxidation sites excluding steroid dienone is 2. The number of hydrogen-bond donors (Lipinski definition) is 0. The molecule has 5 aliphatic rings. The molecule has 0 unspecified atom stereocenters. The van der Waals surface area contributed by atoms with Crippen molar-refractivity contribution in [2.45, 2.75) is 13.0 Å². The molecule has 1 saturated heterocycles. The van der Waals surface area contributed by atoms with Gasteiger partial charge in [0.1, 0.15) is 6.61 Å². The molecule has 2 aromatic rings. The Balaban J connectivity index is 1.17. The first kappa shape index (κ1) is 21.7. The van der Waals surface area contributed by atoms with Gasteiger partial charge < -0.3 is 9.47 Å². The van der Waals surface area contributed by atoms with E-state index in [2.05, 4.69) is 17.3 Å². The molecule has 3 fully saturated rings. The second kappa shape index (κ2) is 8.14. The van der Waals surface area contributed by atoms with Crippen LogP contribution in [0.15, 0.2) is 53.7 Å². The van der Waals surface area contributed by atoms with Crippen LogP contribution in [0, 0.1) is 35.5 Å². The quantitative estimate of drug-likeness (QED) is 0.321. The number of imide groups is 1. The molecule has 174 valence electrons. The van der Waals surface area contributed by atoms with Crippen LogP contribution >= 0.6 is 23.2 Å². The number of ether oxygens (including phenoxy) is 2. The molecule has 6 nitrogen and oxygen atoms in total. The summed E-state index contributed by atoms with van der Waals surface area (Å²) in [6.45, 7) is 0.248. The molecule has 7 rings (SSSR count). The zero-order chi connectivity index (χ0) is 23.6. The molecular weight excluding hydrogens is 475 g/mol. The second-order valence-electron chi connectivity index (χ2n) is 9.32. The Morgan fingerprint density at radius 1 is 1.00 bits per heavy atom. The zero-order valence-electron chi connectivity index (χ0n) is 18.4. The third-order valence-corrected chi connectivity index (χ3v) is 8.13. The predicted octanol–water partition coefficient (Wildman–Crippen LogP) is 4.97. The highest BCUT2D eigenvalue weighted by atomic mass is 35.5. The number of hydrazone groups is 1. The largest absolute Gasteiger partial charge is 0.493 e. The summed E-state index contributed by atoms with van der Waals surface area (Å²) < 4.78 is 11.4. The van der Waals surface area contributed by atoms with E-state index in [1.807, 2.05) is 6.07 Å². The van der Waals surface area contributed by atoms with Gasteiger partial charge in [-0.05, 0) is 66.0 Å². The number of benzene rings is 2. The predicted molar refractivity (Wildman–Crippen MR) is 128 cm³/mol. The number of nitrogens with zero attached hydrogens (tertiary/aromatic N) is 2. The van der Waals surface area contributed by atoms with E-state index in [0.717, 1.165) is 17.0 Å². The SMILES string of the molecule is COc1cc(C=NN2C(=O)[C@@H]3[C@H]4C=C[C@@H]([C@@H]5C[C@@H]45)[C@H]3C2=O)ccc1OCc1ccc(Cl)cc1Cl. The summed E-state index contributed by atoms with van der Waals surface area (Å²) in [5.41, 5.74) is 1.49. The standard InChI is InChI=1S/C26H22Cl2N2O4/c1-33-22-8-13(2-7-21(22)34-12-14-3-4-15(27)9-20(14)28)11-29-30-25(31)23-16-5-6-17(19-10-18(16)19)24(23)26(30)32/h2-9,11,16-19,23-24H,10,12H2,1H3/t16-,17-,18-,19-,23+,24+/m0/s1. The minimum atomic E-state index is -0.256. The van der Waals surface area contributed by atoms with Crippen LogP contribution in [0.2, 0.25) is 10.0 Å². The number of carbonyl (C=O) groups excluding carboxylic acids is 2. The van der Waals surface area contributed by atoms with Crippen molar-refractivity contribution in [3.8, 4) is 11.5 Å². The topological polar surface area (TPSA) is 68.2 Å². The Labute approximate surface area is 207 Å². The molecule has 1 heterocycles. The summed E-state index contributed by atoms with van der Waals surface area (Å²) in [6, 6.07) is 10.5. The van der Waals surface area contributed by atoms with Gasteiger partial charge >= 0.3 is 0 Å². The van der Waals surface area contributed by atoms with E-state index < -0.39 is 0 Å². The van der Waals surface area contributed by atoms with Crippen LogP contribution in [0.25, 0.3) is 0 Å². The normalized spacial score (nSPS) is 30.6. The third kappa shape index (κ3) is 3.43. The molecular formula is C26H22Cl2N2O4. The van der Waals surface area contributed by atoms with Gasteiger partial charge in [0.25, 0.3) is 11.8 Å². The van der Waals surface area contributed by atoms with Crippen molar-refractivity contribution < 1.29 is 19.1 Å². The van der Waals surface area contributed by atoms with Crippen LogP contribution in [0.5, 0.6) is 11.5 Å². The van der Waals surface area contributed by atoms with Crippen molar-refractivity contribution in [2.75, 3.05) is 7.11 Å². The molecule has 2 bridgehead atoms. The number of methoxy groups -OCH3 is 1. The van der Waals surface area contributed by atoms with Crippen molar-refractivity contribution in [3.05, 3.63) is 69.7 Å². The van der Waals surface area contributed by atoms with Gasteiger partial charge in [0, 0.05) is 15.6 Å². The number of carbonyl (C=O) groups is 2. The minimum absolute atomic E-state index is 0.178. The molecule has 0 radical (unpaired) electrons. The molecule has 0 N–H and O–H groups in total. The summed E-state index contributed by atoms with van der Waals surface area (Å²) in [5.74, 6) is 1.67. The maximum atomic E-state index is 13.1. The maximum absolute atomic E-state index is 13.1. The van der Waals surface area contributed by atoms with Gasteiger partial charge in [-0.15, -0.1) is 0 Å². The average Bonchev–Trinajstić information content (AvgIpc) is 3.62. The minimum Gasteiger partial charge on any atom is -0.493 e. The van der Waals surface area contributed by atoms with Crippen LogP contribution in [0.3, 0.4) is 0 Å². The van der Waals surface area contributed by atoms with Gasteiger partial charge in [0.15, 0.2) is 11.5 Å². The van der Waals surface area contributed by atoms with Gasteiger partial charge in [0.2, 0.25) is 0 Å². The fourth-order valence-electron chi connectivity index (χ4n) is 5.86. The molecule has 2 aromatic carbocycles. The molecule has 1 aliphatic heterocycles. The first-order valence-electron chi connectivity index (χ1n) is 11.3. The van der Waals surface area contributed by atoms with Gasteiger partial charge in [-0.25, -0.2) is 0 Å². The Bertz CT molecular complexity index is 1220. The van der Waals surface area contributed by atoms with Crippen LogP contribution in [0.1, 0.15) is 17.5 Å². The van der Waals surface area contributed by atoms with E-state index >= 15 is 0 Å². The van der Waals surface area contributed by atoms with E-state index in [1.165, 1.54) is 6.21 Å². The molecule has 4 aliphatic carbocycles. The Morgan fingerprint density at radius 2 is 1.71 bits per heavy atom. The van der Waals surface area contributed by atoms with E-state index in [4.69, 9.17) is 32.7 Å². The number of amides is 2. The molecule has 2 amide bonds. The van der Waals surface area contributed by atoms with Crippen molar-refractivity contribution in [1.82, 2.24) is 5.01 Å². The van der Waals surface area contributed by atoms with Crippen LogP contribution in [-0.2, 0) is 16.2 Å². The lowest BCUT2D eigenvalue weighted by Gasteiger charge is -2.37. The zero-order valence-corrected chi connectivity index (χ0v) is 19.9. The monoisotopic (exact) mass is 496 g/mol. The first-order valence-corrected chi connectivity index (χ1v) is 12.1. The average molecular weight is 497 g/mol. The van der Waals surface area contributed by atoms with Gasteiger partial charge in [-0.1, -0.05) is 41.4 Å². The van der Waals surface area contributed by atoms with E-state index in [0.29, 0.717) is 38.9 Å². The molecule has 2 saturated carbocycles. The van der Waals surface area contributed by atoms with E-state index in [-0.39, 0.29) is 42.1 Å². The van der Waals surface area contributed by atoms with Crippen molar-refractivity contribution in [1.29, 1.82) is 0 Å². The third-order valence-electron chi connectivity index (χ3n) is 7.55. The second-order valence-corrected chi connectivity index (χ2v) is 10.2. The number of hydrogen-bond acceptors (Lipinski definition) is 5. The van der Waals surface area contributed by atoms with Crippen LogP contribution in [-0.4, -0.2) is 30.1 Å². The summed E-state index contributed by atoms with van der Waals surface area (Å²) in [6.07, 6.45) is 6.96. The summed E-state index contributed by atoms with van der Waals surface area (Å²) in [7, 11) is 1.55. The highest BCUT2D eigenvalue weighted by molar-refractivity contribution is 6.35. The molecule has 0 aromatic heterocycles. The van der Waals surface area contributed by atoms with Crippen molar-refractivity contribution >= 4 is 41.2 Å². The van der Waals surface area contributed by atoms with Gasteiger partial charge in [0.05, 0.1) is 25.2 Å². The highest BCUT2D eigenvalue weighted by Gasteiger charge is 2.67. The molecule has 6 atom stereocenters.